The van der Waals surface area contributed by atoms with E-state index < -0.39 is 0 Å². The fourth-order valence-electron chi connectivity index (χ4n) is 4.97. The summed E-state index contributed by atoms with van der Waals surface area (Å²) >= 11 is 0. The van der Waals surface area contributed by atoms with Gasteiger partial charge in [0.05, 0.1) is 7.11 Å². The number of rotatable bonds is 7. The highest BCUT2D eigenvalue weighted by Gasteiger charge is 2.22. The fourth-order valence-corrected chi connectivity index (χ4v) is 4.97. The molecule has 0 aromatic heterocycles. The number of fused-ring (bicyclic) bond motifs is 1. The van der Waals surface area contributed by atoms with E-state index in [1.165, 1.54) is 59.3 Å². The van der Waals surface area contributed by atoms with Crippen molar-refractivity contribution in [1.82, 2.24) is 4.90 Å². The predicted molar refractivity (Wildman–Crippen MR) is 143 cm³/mol. The molecular formula is C31H37NO2. The molecule has 1 aliphatic heterocycles. The van der Waals surface area contributed by atoms with E-state index in [4.69, 9.17) is 9.47 Å². The number of ether oxygens (including phenoxy) is 2. The fraction of sp³-hybridized carbons (Fsp3) is 0.355. The molecule has 3 aromatic carbocycles. The molecule has 3 heteroatoms. The van der Waals surface area contributed by atoms with Crippen LogP contribution in [0.25, 0.3) is 11.1 Å². The van der Waals surface area contributed by atoms with Crippen molar-refractivity contribution in [1.29, 1.82) is 0 Å². The Morgan fingerprint density at radius 1 is 0.765 bits per heavy atom. The van der Waals surface area contributed by atoms with Gasteiger partial charge in [0.1, 0.15) is 18.1 Å². The predicted octanol–water partition coefficient (Wildman–Crippen LogP) is 7.10. The second kappa shape index (κ2) is 11.9. The van der Waals surface area contributed by atoms with Gasteiger partial charge >= 0.3 is 0 Å². The molecule has 0 amide bonds. The Labute approximate surface area is 205 Å². The van der Waals surface area contributed by atoms with E-state index in [-0.39, 0.29) is 0 Å². The first-order valence-electron chi connectivity index (χ1n) is 12.7. The lowest BCUT2D eigenvalue weighted by Crippen LogP contribution is -2.25. The van der Waals surface area contributed by atoms with Gasteiger partial charge in [-0.05, 0) is 96.4 Å². The standard InChI is InChI=1S/C29H31NO2.C2H6/c1-31-26-14-16-28-24(21-26)11-15-27(22-7-3-2-4-8-22)29(28)23-9-12-25(13-10-23)32-20-19-30-17-5-6-18-30;1-2/h2-4,7-10,12-14,16,21H,5-6,11,15,17-20H2,1H3;1-2H3. The summed E-state index contributed by atoms with van der Waals surface area (Å²) in [6.07, 6.45) is 4.69. The third-order valence-corrected chi connectivity index (χ3v) is 6.67. The van der Waals surface area contributed by atoms with Crippen LogP contribution < -0.4 is 9.47 Å². The molecule has 5 rings (SSSR count). The van der Waals surface area contributed by atoms with Crippen LogP contribution in [0, 0.1) is 0 Å². The Hall–Kier alpha value is -3.04. The van der Waals surface area contributed by atoms with E-state index in [0.717, 1.165) is 37.5 Å². The summed E-state index contributed by atoms with van der Waals surface area (Å²) in [4.78, 5) is 2.48. The van der Waals surface area contributed by atoms with Crippen molar-refractivity contribution in [3.63, 3.8) is 0 Å². The van der Waals surface area contributed by atoms with Gasteiger partial charge in [0.15, 0.2) is 0 Å². The molecule has 1 heterocycles. The highest BCUT2D eigenvalue weighted by molar-refractivity contribution is 6.00. The van der Waals surface area contributed by atoms with Crippen molar-refractivity contribution in [2.24, 2.45) is 0 Å². The third kappa shape index (κ3) is 5.53. The van der Waals surface area contributed by atoms with Crippen LogP contribution >= 0.6 is 0 Å². The Bertz CT molecular complexity index is 1080. The van der Waals surface area contributed by atoms with Gasteiger partial charge in [0.25, 0.3) is 0 Å². The zero-order chi connectivity index (χ0) is 23.8. The average Bonchev–Trinajstić information content (AvgIpc) is 3.43. The molecule has 1 saturated heterocycles. The SMILES string of the molecule is CC.COc1ccc2c(c1)CCC(c1ccccc1)=C2c1ccc(OCCN2CCCC2)cc1. The Morgan fingerprint density at radius 3 is 2.18 bits per heavy atom. The maximum atomic E-state index is 6.05. The normalized spacial score (nSPS) is 15.4. The van der Waals surface area contributed by atoms with E-state index >= 15 is 0 Å². The summed E-state index contributed by atoms with van der Waals surface area (Å²) in [7, 11) is 1.74. The monoisotopic (exact) mass is 455 g/mol. The van der Waals surface area contributed by atoms with Gasteiger partial charge in [0.2, 0.25) is 0 Å². The number of hydrogen-bond acceptors (Lipinski definition) is 3. The van der Waals surface area contributed by atoms with Gasteiger partial charge in [-0.2, -0.15) is 0 Å². The number of methoxy groups -OCH3 is 1. The minimum Gasteiger partial charge on any atom is -0.497 e. The minimum atomic E-state index is 0.750. The zero-order valence-corrected chi connectivity index (χ0v) is 20.8. The van der Waals surface area contributed by atoms with Crippen LogP contribution in [-0.4, -0.2) is 38.3 Å². The summed E-state index contributed by atoms with van der Waals surface area (Å²) in [5.74, 6) is 1.87. The van der Waals surface area contributed by atoms with Crippen LogP contribution in [0.4, 0.5) is 0 Å². The molecule has 3 aromatic rings. The zero-order valence-electron chi connectivity index (χ0n) is 20.8. The van der Waals surface area contributed by atoms with Gasteiger partial charge in [0, 0.05) is 6.54 Å². The molecule has 34 heavy (non-hydrogen) atoms. The first-order valence-corrected chi connectivity index (χ1v) is 12.7. The van der Waals surface area contributed by atoms with Gasteiger partial charge in [-0.1, -0.05) is 62.4 Å². The Balaban J connectivity index is 0.00000133. The molecule has 3 nitrogen and oxygen atoms in total. The highest BCUT2D eigenvalue weighted by atomic mass is 16.5. The molecule has 0 saturated carbocycles. The maximum Gasteiger partial charge on any atom is 0.119 e. The highest BCUT2D eigenvalue weighted by Crippen LogP contribution is 2.42. The lowest BCUT2D eigenvalue weighted by atomic mass is 9.79. The molecule has 1 fully saturated rings. The van der Waals surface area contributed by atoms with Crippen LogP contribution in [0.5, 0.6) is 11.5 Å². The second-order valence-electron chi connectivity index (χ2n) is 8.66. The summed E-state index contributed by atoms with van der Waals surface area (Å²) in [5.41, 5.74) is 7.93. The first kappa shape index (κ1) is 24.1. The van der Waals surface area contributed by atoms with Gasteiger partial charge in [-0.3, -0.25) is 4.90 Å². The minimum absolute atomic E-state index is 0.750. The van der Waals surface area contributed by atoms with Crippen LogP contribution in [-0.2, 0) is 6.42 Å². The number of allylic oxidation sites excluding steroid dienone is 1. The lowest BCUT2D eigenvalue weighted by molar-refractivity contribution is 0.238. The summed E-state index contributed by atoms with van der Waals surface area (Å²) in [6, 6.07) is 25.9. The molecule has 1 aliphatic carbocycles. The van der Waals surface area contributed by atoms with Crippen LogP contribution in [0.1, 0.15) is 55.4 Å². The van der Waals surface area contributed by atoms with Crippen LogP contribution in [0.3, 0.4) is 0 Å². The lowest BCUT2D eigenvalue weighted by Gasteiger charge is -2.25. The summed E-state index contributed by atoms with van der Waals surface area (Å²) in [6.45, 7) is 8.19. The van der Waals surface area contributed by atoms with E-state index in [1.807, 2.05) is 13.8 Å². The Kier molecular flexibility index (Phi) is 8.43. The molecule has 0 spiro atoms. The maximum absolute atomic E-state index is 6.05. The third-order valence-electron chi connectivity index (χ3n) is 6.67. The van der Waals surface area contributed by atoms with E-state index in [9.17, 15) is 0 Å². The molecule has 0 radical (unpaired) electrons. The van der Waals surface area contributed by atoms with Crippen molar-refractivity contribution in [2.45, 2.75) is 39.5 Å². The Morgan fingerprint density at radius 2 is 1.47 bits per heavy atom. The van der Waals surface area contributed by atoms with Gasteiger partial charge in [-0.15, -0.1) is 0 Å². The van der Waals surface area contributed by atoms with Crippen molar-refractivity contribution < 1.29 is 9.47 Å². The van der Waals surface area contributed by atoms with Crippen molar-refractivity contribution in [2.75, 3.05) is 33.4 Å². The molecule has 2 aliphatic rings. The summed E-state index contributed by atoms with van der Waals surface area (Å²) in [5, 5.41) is 0. The van der Waals surface area contributed by atoms with Crippen molar-refractivity contribution in [3.05, 3.63) is 95.1 Å². The van der Waals surface area contributed by atoms with Crippen molar-refractivity contribution in [3.8, 4) is 11.5 Å². The first-order chi connectivity index (χ1) is 16.8. The van der Waals surface area contributed by atoms with E-state index in [0.29, 0.717) is 0 Å². The van der Waals surface area contributed by atoms with Gasteiger partial charge in [-0.25, -0.2) is 0 Å². The van der Waals surface area contributed by atoms with Gasteiger partial charge < -0.3 is 9.47 Å². The molecule has 0 unspecified atom stereocenters. The van der Waals surface area contributed by atoms with E-state index in [2.05, 4.69) is 77.7 Å². The smallest absolute Gasteiger partial charge is 0.119 e. The number of likely N-dealkylation sites (tertiary alicyclic amines) is 1. The number of nitrogens with zero attached hydrogens (tertiary/aromatic N) is 1. The average molecular weight is 456 g/mol. The molecule has 178 valence electrons. The largest absolute Gasteiger partial charge is 0.497 e. The number of aryl methyl sites for hydroxylation is 1. The molecule has 0 N–H and O–H groups in total. The molecule has 0 atom stereocenters. The molecule has 0 bridgehead atoms. The number of benzene rings is 3. The summed E-state index contributed by atoms with van der Waals surface area (Å²) < 4.78 is 11.5. The molecular weight excluding hydrogens is 418 g/mol. The second-order valence-corrected chi connectivity index (χ2v) is 8.66. The van der Waals surface area contributed by atoms with Crippen LogP contribution in [0.15, 0.2) is 72.8 Å². The quantitative estimate of drug-likeness (QED) is 0.379. The van der Waals surface area contributed by atoms with E-state index in [1.54, 1.807) is 7.11 Å². The van der Waals surface area contributed by atoms with Crippen molar-refractivity contribution >= 4 is 11.1 Å². The topological polar surface area (TPSA) is 21.7 Å². The number of hydrogen-bond donors (Lipinski definition) is 0. The van der Waals surface area contributed by atoms with Crippen LogP contribution in [0.2, 0.25) is 0 Å².